The summed E-state index contributed by atoms with van der Waals surface area (Å²) >= 11 is 0. The highest BCUT2D eigenvalue weighted by Crippen LogP contribution is 2.33. The van der Waals surface area contributed by atoms with Gasteiger partial charge in [-0.05, 0) is 12.1 Å². The predicted molar refractivity (Wildman–Crippen MR) is 52.4 cm³/mol. The summed E-state index contributed by atoms with van der Waals surface area (Å²) in [6, 6.07) is 1.74. The Kier molecular flexibility index (Phi) is 4.71. The van der Waals surface area contributed by atoms with Crippen molar-refractivity contribution in [3.63, 3.8) is 0 Å². The van der Waals surface area contributed by atoms with Gasteiger partial charge >= 0.3 is 18.9 Å². The second-order valence-corrected chi connectivity index (χ2v) is 3.37. The zero-order valence-electron chi connectivity index (χ0n) is 9.40. The third-order valence-corrected chi connectivity index (χ3v) is 1.96. The Labute approximate surface area is 108 Å². The van der Waals surface area contributed by atoms with Crippen LogP contribution in [0.1, 0.15) is 11.7 Å². The molecule has 0 amide bonds. The quantitative estimate of drug-likeness (QED) is 0.816. The standard InChI is InChI=1S/C10H7F5O5/c11-9(12)19-6-3-4(20-10(13,14)15)1-2-5(6)7(16)8(17)18/h1-3,7,9,16H,(H,17,18). The van der Waals surface area contributed by atoms with E-state index in [4.69, 9.17) is 5.11 Å². The van der Waals surface area contributed by atoms with Crippen LogP contribution in [0.25, 0.3) is 0 Å². The van der Waals surface area contributed by atoms with E-state index in [0.29, 0.717) is 18.2 Å². The number of carboxylic acids is 1. The predicted octanol–water partition coefficient (Wildman–Crippen LogP) is 2.30. The van der Waals surface area contributed by atoms with Gasteiger partial charge in [-0.15, -0.1) is 13.2 Å². The number of rotatable bonds is 5. The maximum absolute atomic E-state index is 12.1. The highest BCUT2D eigenvalue weighted by Gasteiger charge is 2.32. The first-order valence-electron chi connectivity index (χ1n) is 4.85. The lowest BCUT2D eigenvalue weighted by Crippen LogP contribution is -2.18. The summed E-state index contributed by atoms with van der Waals surface area (Å²) in [4.78, 5) is 10.5. The Morgan fingerprint density at radius 3 is 2.30 bits per heavy atom. The van der Waals surface area contributed by atoms with Gasteiger partial charge in [0.1, 0.15) is 11.5 Å². The van der Waals surface area contributed by atoms with Gasteiger partial charge in [-0.25, -0.2) is 4.79 Å². The van der Waals surface area contributed by atoms with E-state index in [1.165, 1.54) is 0 Å². The monoisotopic (exact) mass is 302 g/mol. The molecule has 0 fully saturated rings. The van der Waals surface area contributed by atoms with E-state index >= 15 is 0 Å². The maximum atomic E-state index is 12.1. The minimum Gasteiger partial charge on any atom is -0.479 e. The Morgan fingerprint density at radius 1 is 1.25 bits per heavy atom. The fourth-order valence-corrected chi connectivity index (χ4v) is 1.27. The minimum absolute atomic E-state index is 0.404. The van der Waals surface area contributed by atoms with Gasteiger partial charge in [0.25, 0.3) is 0 Å². The molecule has 0 saturated carbocycles. The molecule has 1 aromatic carbocycles. The lowest BCUT2D eigenvalue weighted by atomic mass is 10.1. The largest absolute Gasteiger partial charge is 0.573 e. The zero-order valence-corrected chi connectivity index (χ0v) is 9.40. The third-order valence-electron chi connectivity index (χ3n) is 1.96. The number of aliphatic hydroxyl groups is 1. The molecule has 0 aliphatic heterocycles. The molecule has 0 aromatic heterocycles. The maximum Gasteiger partial charge on any atom is 0.573 e. The fourth-order valence-electron chi connectivity index (χ4n) is 1.27. The summed E-state index contributed by atoms with van der Waals surface area (Å²) in [6.45, 7) is -3.42. The van der Waals surface area contributed by atoms with E-state index < -0.39 is 42.1 Å². The van der Waals surface area contributed by atoms with Crippen molar-refractivity contribution in [2.24, 2.45) is 0 Å². The van der Waals surface area contributed by atoms with Crippen molar-refractivity contribution in [3.8, 4) is 11.5 Å². The number of hydrogen-bond acceptors (Lipinski definition) is 4. The number of hydrogen-bond donors (Lipinski definition) is 2. The molecule has 0 aliphatic rings. The summed E-state index contributed by atoms with van der Waals surface area (Å²) in [5, 5.41) is 17.8. The number of alkyl halides is 5. The smallest absolute Gasteiger partial charge is 0.479 e. The Balaban J connectivity index is 3.16. The van der Waals surface area contributed by atoms with E-state index in [1.54, 1.807) is 0 Å². The highest BCUT2D eigenvalue weighted by atomic mass is 19.4. The molecule has 1 unspecified atom stereocenters. The molecule has 10 heteroatoms. The first-order valence-corrected chi connectivity index (χ1v) is 4.85. The molecule has 0 heterocycles. The van der Waals surface area contributed by atoms with Crippen LogP contribution in [-0.2, 0) is 4.79 Å². The molecule has 0 saturated heterocycles. The number of carboxylic acid groups (broad SMARTS) is 1. The second-order valence-electron chi connectivity index (χ2n) is 3.37. The Hall–Kier alpha value is -2.10. The SMILES string of the molecule is O=C(O)C(O)c1ccc(OC(F)(F)F)cc1OC(F)F. The Bertz CT molecular complexity index is 487. The molecule has 5 nitrogen and oxygen atoms in total. The van der Waals surface area contributed by atoms with Crippen LogP contribution in [0.15, 0.2) is 18.2 Å². The second kappa shape index (κ2) is 5.90. The summed E-state index contributed by atoms with van der Waals surface area (Å²) in [7, 11) is 0. The van der Waals surface area contributed by atoms with Crippen LogP contribution in [0.4, 0.5) is 22.0 Å². The average Bonchev–Trinajstić information content (AvgIpc) is 2.25. The average molecular weight is 302 g/mol. The van der Waals surface area contributed by atoms with Gasteiger partial charge in [0.15, 0.2) is 6.10 Å². The number of halogens is 5. The molecule has 1 rings (SSSR count). The first-order chi connectivity index (χ1) is 9.10. The van der Waals surface area contributed by atoms with Gasteiger partial charge in [-0.1, -0.05) is 0 Å². The number of benzene rings is 1. The van der Waals surface area contributed by atoms with Gasteiger partial charge in [0, 0.05) is 11.6 Å². The first kappa shape index (κ1) is 16.0. The minimum atomic E-state index is -5.06. The molecular weight excluding hydrogens is 295 g/mol. The summed E-state index contributed by atoms with van der Waals surface area (Å²) in [6.07, 6.45) is -7.29. The van der Waals surface area contributed by atoms with Crippen LogP contribution in [-0.4, -0.2) is 29.2 Å². The van der Waals surface area contributed by atoms with Crippen LogP contribution in [0.5, 0.6) is 11.5 Å². The molecule has 0 radical (unpaired) electrons. The fraction of sp³-hybridized carbons (Fsp3) is 0.300. The topological polar surface area (TPSA) is 76.0 Å². The molecule has 2 N–H and O–H groups in total. The summed E-state index contributed by atoms with van der Waals surface area (Å²) in [5.74, 6) is -3.61. The lowest BCUT2D eigenvalue weighted by molar-refractivity contribution is -0.274. The molecule has 1 aromatic rings. The number of aliphatic carboxylic acids is 1. The van der Waals surface area contributed by atoms with E-state index in [-0.39, 0.29) is 0 Å². The summed E-state index contributed by atoms with van der Waals surface area (Å²) in [5.41, 5.74) is -0.632. The molecule has 0 bridgehead atoms. The van der Waals surface area contributed by atoms with E-state index in [2.05, 4.69) is 9.47 Å². The van der Waals surface area contributed by atoms with Crippen molar-refractivity contribution in [1.82, 2.24) is 0 Å². The molecular formula is C10H7F5O5. The van der Waals surface area contributed by atoms with Crippen LogP contribution >= 0.6 is 0 Å². The lowest BCUT2D eigenvalue weighted by Gasteiger charge is -2.15. The van der Waals surface area contributed by atoms with Gasteiger partial charge in [-0.2, -0.15) is 8.78 Å². The van der Waals surface area contributed by atoms with Crippen LogP contribution < -0.4 is 9.47 Å². The van der Waals surface area contributed by atoms with E-state index in [0.717, 1.165) is 0 Å². The molecule has 0 aliphatic carbocycles. The van der Waals surface area contributed by atoms with Crippen molar-refractivity contribution >= 4 is 5.97 Å². The number of carbonyl (C=O) groups is 1. The van der Waals surface area contributed by atoms with Gasteiger partial charge < -0.3 is 19.7 Å². The normalized spacial score (nSPS) is 13.2. The summed E-state index contributed by atoms with van der Waals surface area (Å²) < 4.78 is 67.5. The van der Waals surface area contributed by atoms with Crippen LogP contribution in [0.2, 0.25) is 0 Å². The molecule has 0 spiro atoms. The van der Waals surface area contributed by atoms with Crippen molar-refractivity contribution in [2.45, 2.75) is 19.1 Å². The molecule has 1 atom stereocenters. The molecule has 20 heavy (non-hydrogen) atoms. The van der Waals surface area contributed by atoms with Gasteiger partial charge in [-0.3, -0.25) is 0 Å². The zero-order chi connectivity index (χ0) is 15.5. The third kappa shape index (κ3) is 4.53. The van der Waals surface area contributed by atoms with Crippen LogP contribution in [0.3, 0.4) is 0 Å². The van der Waals surface area contributed by atoms with E-state index in [1.807, 2.05) is 0 Å². The van der Waals surface area contributed by atoms with Crippen molar-refractivity contribution in [2.75, 3.05) is 0 Å². The van der Waals surface area contributed by atoms with Crippen LogP contribution in [0, 0.1) is 0 Å². The Morgan fingerprint density at radius 2 is 1.85 bits per heavy atom. The number of aliphatic hydroxyl groups excluding tert-OH is 1. The van der Waals surface area contributed by atoms with Gasteiger partial charge in [0.05, 0.1) is 0 Å². The van der Waals surface area contributed by atoms with Crippen molar-refractivity contribution in [1.29, 1.82) is 0 Å². The van der Waals surface area contributed by atoms with E-state index in [9.17, 15) is 31.9 Å². The van der Waals surface area contributed by atoms with Gasteiger partial charge in [0.2, 0.25) is 0 Å². The highest BCUT2D eigenvalue weighted by molar-refractivity contribution is 5.75. The number of ether oxygens (including phenoxy) is 2. The van der Waals surface area contributed by atoms with Crippen molar-refractivity contribution in [3.05, 3.63) is 23.8 Å². The van der Waals surface area contributed by atoms with Crippen molar-refractivity contribution < 1.29 is 46.4 Å². The molecule has 112 valence electrons.